The number of ether oxygens (including phenoxy) is 2. The third-order valence-electron chi connectivity index (χ3n) is 3.04. The molecule has 1 heterocycles. The van der Waals surface area contributed by atoms with Crippen LogP contribution in [-0.4, -0.2) is 25.2 Å². The molecule has 7 nitrogen and oxygen atoms in total. The lowest BCUT2D eigenvalue weighted by atomic mass is 10.2. The topological polar surface area (TPSA) is 94.8 Å². The number of hydrogen-bond acceptors (Lipinski definition) is 7. The molecule has 2 rings (SSSR count). The summed E-state index contributed by atoms with van der Waals surface area (Å²) in [6.07, 6.45) is 2.30. The van der Waals surface area contributed by atoms with E-state index in [0.717, 1.165) is 6.20 Å². The van der Waals surface area contributed by atoms with Crippen molar-refractivity contribution in [2.24, 2.45) is 0 Å². The summed E-state index contributed by atoms with van der Waals surface area (Å²) >= 11 is 0. The van der Waals surface area contributed by atoms with Crippen molar-refractivity contribution >= 4 is 28.6 Å². The van der Waals surface area contributed by atoms with Crippen LogP contribution in [0, 0.1) is 0 Å². The minimum absolute atomic E-state index is 0.0831. The Morgan fingerprint density at radius 3 is 2.38 bits per heavy atom. The SMILES string of the molecule is CCOC(=O)C(=CNc1coc2ccccc2c1=O)C(=O)OCC. The second-order valence-electron chi connectivity index (χ2n) is 4.62. The van der Waals surface area contributed by atoms with Gasteiger partial charge in [0.05, 0.1) is 18.6 Å². The smallest absolute Gasteiger partial charge is 0.347 e. The third kappa shape index (κ3) is 3.81. The molecule has 0 spiro atoms. The zero-order valence-electron chi connectivity index (χ0n) is 13.3. The molecule has 7 heteroatoms. The first kappa shape index (κ1) is 17.3. The number of benzene rings is 1. The van der Waals surface area contributed by atoms with Crippen molar-refractivity contribution in [2.75, 3.05) is 18.5 Å². The number of nitrogens with one attached hydrogen (secondary N) is 1. The monoisotopic (exact) mass is 331 g/mol. The van der Waals surface area contributed by atoms with Crippen molar-refractivity contribution in [3.05, 3.63) is 52.5 Å². The van der Waals surface area contributed by atoms with Crippen LogP contribution in [0.4, 0.5) is 5.69 Å². The molecule has 1 aromatic carbocycles. The minimum atomic E-state index is -0.839. The summed E-state index contributed by atoms with van der Waals surface area (Å²) in [6.45, 7) is 3.44. The van der Waals surface area contributed by atoms with Crippen molar-refractivity contribution in [1.82, 2.24) is 0 Å². The van der Waals surface area contributed by atoms with Gasteiger partial charge in [0.25, 0.3) is 0 Å². The van der Waals surface area contributed by atoms with Gasteiger partial charge in [-0.05, 0) is 26.0 Å². The van der Waals surface area contributed by atoms with E-state index in [2.05, 4.69) is 5.32 Å². The molecule has 24 heavy (non-hydrogen) atoms. The number of carbonyl (C=O) groups excluding carboxylic acids is 2. The van der Waals surface area contributed by atoms with Gasteiger partial charge in [-0.1, -0.05) is 12.1 Å². The summed E-state index contributed by atoms with van der Waals surface area (Å²) in [5, 5.41) is 2.99. The third-order valence-corrected chi connectivity index (χ3v) is 3.04. The number of esters is 2. The Morgan fingerprint density at radius 1 is 1.12 bits per heavy atom. The van der Waals surface area contributed by atoms with Crippen molar-refractivity contribution in [2.45, 2.75) is 13.8 Å². The molecule has 0 bridgehead atoms. The molecule has 0 unspecified atom stereocenters. The van der Waals surface area contributed by atoms with E-state index in [1.54, 1.807) is 38.1 Å². The first-order valence-electron chi connectivity index (χ1n) is 7.40. The van der Waals surface area contributed by atoms with E-state index in [1.165, 1.54) is 6.26 Å². The fourth-order valence-corrected chi connectivity index (χ4v) is 1.95. The zero-order valence-corrected chi connectivity index (χ0v) is 13.3. The van der Waals surface area contributed by atoms with E-state index in [4.69, 9.17) is 13.9 Å². The van der Waals surface area contributed by atoms with Crippen molar-refractivity contribution in [1.29, 1.82) is 0 Å². The lowest BCUT2D eigenvalue weighted by molar-refractivity contribution is -0.146. The van der Waals surface area contributed by atoms with Crippen LogP contribution in [0.5, 0.6) is 0 Å². The Bertz CT molecular complexity index is 816. The molecule has 0 aliphatic rings. The van der Waals surface area contributed by atoms with Gasteiger partial charge in [0.15, 0.2) is 5.57 Å². The average molecular weight is 331 g/mol. The van der Waals surface area contributed by atoms with Crippen LogP contribution in [0.25, 0.3) is 11.0 Å². The average Bonchev–Trinajstić information content (AvgIpc) is 2.57. The molecule has 0 amide bonds. The van der Waals surface area contributed by atoms with Crippen LogP contribution in [0.15, 0.2) is 51.5 Å². The van der Waals surface area contributed by atoms with Gasteiger partial charge >= 0.3 is 11.9 Å². The predicted octanol–water partition coefficient (Wildman–Crippen LogP) is 2.21. The molecule has 0 saturated carbocycles. The maximum absolute atomic E-state index is 12.3. The number of para-hydroxylation sites is 1. The fourth-order valence-electron chi connectivity index (χ4n) is 1.95. The number of anilines is 1. The van der Waals surface area contributed by atoms with Crippen LogP contribution >= 0.6 is 0 Å². The minimum Gasteiger partial charge on any atom is -0.462 e. The molecule has 1 N–H and O–H groups in total. The van der Waals surface area contributed by atoms with E-state index < -0.39 is 11.9 Å². The molecule has 0 aliphatic heterocycles. The Morgan fingerprint density at radius 2 is 1.75 bits per heavy atom. The van der Waals surface area contributed by atoms with Crippen LogP contribution in [0.2, 0.25) is 0 Å². The lowest BCUT2D eigenvalue weighted by Crippen LogP contribution is -2.20. The van der Waals surface area contributed by atoms with Gasteiger partial charge in [-0.15, -0.1) is 0 Å². The summed E-state index contributed by atoms with van der Waals surface area (Å²) < 4.78 is 15.0. The lowest BCUT2D eigenvalue weighted by Gasteiger charge is -2.07. The molecule has 126 valence electrons. The van der Waals surface area contributed by atoms with Crippen molar-refractivity contribution in [3.8, 4) is 0 Å². The van der Waals surface area contributed by atoms with Gasteiger partial charge in [-0.2, -0.15) is 0 Å². The number of hydrogen-bond donors (Lipinski definition) is 1. The van der Waals surface area contributed by atoms with Gasteiger partial charge in [0.2, 0.25) is 5.43 Å². The van der Waals surface area contributed by atoms with Gasteiger partial charge in [0, 0.05) is 6.20 Å². The summed E-state index contributed by atoms with van der Waals surface area (Å²) in [5.74, 6) is -1.68. The highest BCUT2D eigenvalue weighted by atomic mass is 16.6. The standard InChI is InChI=1S/C17H17NO6/c1-3-22-16(20)12(17(21)23-4-2)9-18-13-10-24-14-8-6-5-7-11(14)15(13)19/h5-10,18H,3-4H2,1-2H3. The van der Waals surface area contributed by atoms with Gasteiger partial charge < -0.3 is 19.2 Å². The molecule has 2 aromatic rings. The molecular weight excluding hydrogens is 314 g/mol. The molecular formula is C17H17NO6. The molecule has 0 aliphatic carbocycles. The molecule has 0 fully saturated rings. The van der Waals surface area contributed by atoms with Crippen molar-refractivity contribution in [3.63, 3.8) is 0 Å². The Hall–Kier alpha value is -3.09. The van der Waals surface area contributed by atoms with E-state index in [9.17, 15) is 14.4 Å². The second kappa shape index (κ2) is 7.96. The van der Waals surface area contributed by atoms with Crippen LogP contribution in [-0.2, 0) is 19.1 Å². The predicted molar refractivity (Wildman–Crippen MR) is 87.5 cm³/mol. The maximum atomic E-state index is 12.3. The number of carbonyl (C=O) groups is 2. The number of rotatable bonds is 6. The van der Waals surface area contributed by atoms with Crippen LogP contribution < -0.4 is 10.7 Å². The van der Waals surface area contributed by atoms with Crippen molar-refractivity contribution < 1.29 is 23.5 Å². The summed E-state index contributed by atoms with van der Waals surface area (Å²) in [7, 11) is 0. The summed E-state index contributed by atoms with van der Waals surface area (Å²) in [6, 6.07) is 6.74. The van der Waals surface area contributed by atoms with Gasteiger partial charge in [-0.3, -0.25) is 4.79 Å². The Labute approximate surface area is 137 Å². The molecule has 0 saturated heterocycles. The zero-order chi connectivity index (χ0) is 17.5. The van der Waals surface area contributed by atoms with Gasteiger partial charge in [-0.25, -0.2) is 9.59 Å². The normalized spacial score (nSPS) is 10.1. The quantitative estimate of drug-likeness (QED) is 0.375. The van der Waals surface area contributed by atoms with Crippen LogP contribution in [0.1, 0.15) is 13.8 Å². The fraction of sp³-hybridized carbons (Fsp3) is 0.235. The molecule has 1 aromatic heterocycles. The molecule has 0 atom stereocenters. The second-order valence-corrected chi connectivity index (χ2v) is 4.62. The largest absolute Gasteiger partial charge is 0.462 e. The first-order valence-corrected chi connectivity index (χ1v) is 7.40. The first-order chi connectivity index (χ1) is 11.6. The highest BCUT2D eigenvalue weighted by molar-refractivity contribution is 6.14. The number of fused-ring (bicyclic) bond motifs is 1. The highest BCUT2D eigenvalue weighted by Gasteiger charge is 2.21. The van der Waals surface area contributed by atoms with E-state index >= 15 is 0 Å². The maximum Gasteiger partial charge on any atom is 0.347 e. The van der Waals surface area contributed by atoms with E-state index in [-0.39, 0.29) is 29.9 Å². The highest BCUT2D eigenvalue weighted by Crippen LogP contribution is 2.13. The van der Waals surface area contributed by atoms with E-state index in [0.29, 0.717) is 11.0 Å². The van der Waals surface area contributed by atoms with Crippen LogP contribution in [0.3, 0.4) is 0 Å². The molecule has 0 radical (unpaired) electrons. The van der Waals surface area contributed by atoms with Gasteiger partial charge in [0.1, 0.15) is 17.5 Å². The van der Waals surface area contributed by atoms with E-state index in [1.807, 2.05) is 0 Å². The summed E-state index contributed by atoms with van der Waals surface area (Å²) in [4.78, 5) is 36.0. The Kier molecular flexibility index (Phi) is 5.73. The summed E-state index contributed by atoms with van der Waals surface area (Å²) in [5.41, 5.74) is -0.140. The Balaban J connectivity index is 2.34.